The molecule has 9 heteroatoms. The largest absolute Gasteiger partial charge is 0.454 e. The Hall–Kier alpha value is -2.55. The molecule has 0 unspecified atom stereocenters. The Kier molecular flexibility index (Phi) is 7.34. The predicted octanol–water partition coefficient (Wildman–Crippen LogP) is 2.13. The number of piperidine rings is 2. The number of hydrogen-bond acceptors (Lipinski definition) is 5. The van der Waals surface area contributed by atoms with Gasteiger partial charge in [0.2, 0.25) is 12.7 Å². The van der Waals surface area contributed by atoms with Crippen LogP contribution in [0.25, 0.3) is 0 Å². The SMILES string of the molecule is CCNC(=S)N1CCC([C@H](NC(=O)c2ccc3c(c2)OCO3)C(=O)N2CCCCC2)CC1. The van der Waals surface area contributed by atoms with Crippen LogP contribution in [0.5, 0.6) is 11.5 Å². The second-order valence-electron chi connectivity index (χ2n) is 8.57. The smallest absolute Gasteiger partial charge is 0.252 e. The fourth-order valence-corrected chi connectivity index (χ4v) is 4.98. The van der Waals surface area contributed by atoms with Gasteiger partial charge in [-0.15, -0.1) is 0 Å². The van der Waals surface area contributed by atoms with Crippen molar-refractivity contribution in [3.05, 3.63) is 23.8 Å². The van der Waals surface area contributed by atoms with Crippen LogP contribution in [0, 0.1) is 5.92 Å². The summed E-state index contributed by atoms with van der Waals surface area (Å²) in [5.74, 6) is 1.03. The standard InChI is InChI=1S/C23H32N4O4S/c1-2-24-23(32)27-12-8-16(9-13-27)20(22(29)26-10-4-3-5-11-26)25-21(28)17-6-7-18-19(14-17)31-15-30-18/h6-7,14,16,20H,2-5,8-13,15H2,1H3,(H,24,32)(H,25,28)/t20-/m0/s1. The zero-order chi connectivity index (χ0) is 22.5. The fourth-order valence-electron chi connectivity index (χ4n) is 4.65. The first-order valence-corrected chi connectivity index (χ1v) is 12.0. The number of nitrogens with one attached hydrogen (secondary N) is 2. The lowest BCUT2D eigenvalue weighted by Crippen LogP contribution is -2.56. The summed E-state index contributed by atoms with van der Waals surface area (Å²) in [6.07, 6.45) is 4.79. The van der Waals surface area contributed by atoms with Gasteiger partial charge in [0.05, 0.1) is 0 Å². The monoisotopic (exact) mass is 460 g/mol. The van der Waals surface area contributed by atoms with E-state index in [1.807, 2.05) is 11.8 Å². The van der Waals surface area contributed by atoms with Gasteiger partial charge in [-0.05, 0) is 75.4 Å². The molecule has 2 amide bonds. The average molecular weight is 461 g/mol. The van der Waals surface area contributed by atoms with Gasteiger partial charge in [0, 0.05) is 38.3 Å². The molecule has 0 radical (unpaired) electrons. The normalized spacial score (nSPS) is 19.4. The molecule has 0 bridgehead atoms. The number of benzene rings is 1. The van der Waals surface area contributed by atoms with Crippen molar-refractivity contribution < 1.29 is 19.1 Å². The number of amides is 2. The van der Waals surface area contributed by atoms with Crippen LogP contribution in [0.4, 0.5) is 0 Å². The first-order chi connectivity index (χ1) is 15.6. The highest BCUT2D eigenvalue weighted by atomic mass is 32.1. The van der Waals surface area contributed by atoms with Crippen molar-refractivity contribution in [2.24, 2.45) is 5.92 Å². The molecule has 0 saturated carbocycles. The minimum absolute atomic E-state index is 0.0338. The predicted molar refractivity (Wildman–Crippen MR) is 125 cm³/mol. The van der Waals surface area contributed by atoms with Gasteiger partial charge in [-0.1, -0.05) is 0 Å². The summed E-state index contributed by atoms with van der Waals surface area (Å²) < 4.78 is 10.7. The highest BCUT2D eigenvalue weighted by molar-refractivity contribution is 7.80. The summed E-state index contributed by atoms with van der Waals surface area (Å²) in [7, 11) is 0. The Morgan fingerprint density at radius 2 is 1.78 bits per heavy atom. The summed E-state index contributed by atoms with van der Waals surface area (Å²) in [6, 6.07) is 4.58. The number of rotatable bonds is 5. The first-order valence-electron chi connectivity index (χ1n) is 11.6. The molecule has 3 aliphatic rings. The third-order valence-corrected chi connectivity index (χ3v) is 6.88. The average Bonchev–Trinajstić information content (AvgIpc) is 3.31. The van der Waals surface area contributed by atoms with Crippen molar-refractivity contribution >= 4 is 29.1 Å². The van der Waals surface area contributed by atoms with Gasteiger partial charge in [0.15, 0.2) is 16.6 Å². The number of carbonyl (C=O) groups excluding carboxylic acids is 2. The van der Waals surface area contributed by atoms with E-state index < -0.39 is 6.04 Å². The lowest BCUT2D eigenvalue weighted by molar-refractivity contribution is -0.136. The molecule has 2 N–H and O–H groups in total. The number of carbonyl (C=O) groups is 2. The van der Waals surface area contributed by atoms with Crippen molar-refractivity contribution in [2.45, 2.75) is 45.1 Å². The van der Waals surface area contributed by atoms with E-state index in [0.29, 0.717) is 17.1 Å². The van der Waals surface area contributed by atoms with Crippen molar-refractivity contribution in [1.82, 2.24) is 20.4 Å². The molecule has 3 heterocycles. The molecule has 1 aromatic carbocycles. The van der Waals surface area contributed by atoms with Crippen LogP contribution in [-0.4, -0.2) is 72.3 Å². The van der Waals surface area contributed by atoms with Crippen LogP contribution >= 0.6 is 12.2 Å². The summed E-state index contributed by atoms with van der Waals surface area (Å²) in [5, 5.41) is 7.02. The van der Waals surface area contributed by atoms with Gasteiger partial charge < -0.3 is 29.9 Å². The minimum Gasteiger partial charge on any atom is -0.454 e. The number of nitrogens with zero attached hydrogens (tertiary/aromatic N) is 2. The van der Waals surface area contributed by atoms with Gasteiger partial charge in [-0.2, -0.15) is 0 Å². The maximum absolute atomic E-state index is 13.5. The van der Waals surface area contributed by atoms with Crippen LogP contribution in [0.2, 0.25) is 0 Å². The van der Waals surface area contributed by atoms with Crippen molar-refractivity contribution in [1.29, 1.82) is 0 Å². The van der Waals surface area contributed by atoms with E-state index >= 15 is 0 Å². The number of hydrogen-bond donors (Lipinski definition) is 2. The quantitative estimate of drug-likeness (QED) is 0.652. The van der Waals surface area contributed by atoms with E-state index in [2.05, 4.69) is 15.5 Å². The van der Waals surface area contributed by atoms with E-state index in [9.17, 15) is 9.59 Å². The van der Waals surface area contributed by atoms with Gasteiger partial charge in [0.25, 0.3) is 5.91 Å². The third-order valence-electron chi connectivity index (χ3n) is 6.48. The Morgan fingerprint density at radius 1 is 1.06 bits per heavy atom. The van der Waals surface area contributed by atoms with E-state index in [4.69, 9.17) is 21.7 Å². The number of fused-ring (bicyclic) bond motifs is 1. The van der Waals surface area contributed by atoms with Crippen LogP contribution in [0.3, 0.4) is 0 Å². The molecule has 1 atom stereocenters. The van der Waals surface area contributed by atoms with E-state index in [-0.39, 0.29) is 24.5 Å². The maximum atomic E-state index is 13.5. The van der Waals surface area contributed by atoms with Crippen LogP contribution in [0.1, 0.15) is 49.4 Å². The first kappa shape index (κ1) is 22.6. The molecule has 2 saturated heterocycles. The molecule has 174 valence electrons. The Labute approximate surface area is 194 Å². The maximum Gasteiger partial charge on any atom is 0.252 e. The number of likely N-dealkylation sites (tertiary alicyclic amines) is 2. The second kappa shape index (κ2) is 10.4. The van der Waals surface area contributed by atoms with E-state index in [0.717, 1.165) is 69.9 Å². The van der Waals surface area contributed by atoms with Crippen molar-refractivity contribution in [3.8, 4) is 11.5 Å². The van der Waals surface area contributed by atoms with Crippen molar-refractivity contribution in [2.75, 3.05) is 39.5 Å². The van der Waals surface area contributed by atoms with Gasteiger partial charge >= 0.3 is 0 Å². The molecule has 4 rings (SSSR count). The molecule has 32 heavy (non-hydrogen) atoms. The molecule has 2 fully saturated rings. The molecule has 0 spiro atoms. The molecular formula is C23H32N4O4S. The van der Waals surface area contributed by atoms with Crippen molar-refractivity contribution in [3.63, 3.8) is 0 Å². The lowest BCUT2D eigenvalue weighted by Gasteiger charge is -2.39. The van der Waals surface area contributed by atoms with E-state index in [1.54, 1.807) is 18.2 Å². The molecule has 8 nitrogen and oxygen atoms in total. The molecule has 0 aliphatic carbocycles. The van der Waals surface area contributed by atoms with Crippen LogP contribution in [0.15, 0.2) is 18.2 Å². The Balaban J connectivity index is 1.47. The highest BCUT2D eigenvalue weighted by Gasteiger charge is 2.36. The summed E-state index contributed by atoms with van der Waals surface area (Å²) in [4.78, 5) is 30.7. The van der Waals surface area contributed by atoms with Gasteiger partial charge in [0.1, 0.15) is 6.04 Å². The third kappa shape index (κ3) is 5.09. The molecular weight excluding hydrogens is 428 g/mol. The zero-order valence-corrected chi connectivity index (χ0v) is 19.4. The minimum atomic E-state index is -0.541. The van der Waals surface area contributed by atoms with E-state index in [1.165, 1.54) is 0 Å². The number of thiocarbonyl (C=S) groups is 1. The molecule has 1 aromatic rings. The second-order valence-corrected chi connectivity index (χ2v) is 8.95. The fraction of sp³-hybridized carbons (Fsp3) is 0.609. The van der Waals surface area contributed by atoms with Crippen LogP contribution < -0.4 is 20.1 Å². The highest BCUT2D eigenvalue weighted by Crippen LogP contribution is 2.32. The topological polar surface area (TPSA) is 83.1 Å². The molecule has 0 aromatic heterocycles. The summed E-state index contributed by atoms with van der Waals surface area (Å²) in [5.41, 5.74) is 0.469. The summed E-state index contributed by atoms with van der Waals surface area (Å²) in [6.45, 7) is 6.06. The summed E-state index contributed by atoms with van der Waals surface area (Å²) >= 11 is 5.45. The van der Waals surface area contributed by atoms with Crippen LogP contribution in [-0.2, 0) is 4.79 Å². The Bertz CT molecular complexity index is 850. The lowest BCUT2D eigenvalue weighted by atomic mass is 9.88. The van der Waals surface area contributed by atoms with Gasteiger partial charge in [-0.3, -0.25) is 9.59 Å². The zero-order valence-electron chi connectivity index (χ0n) is 18.6. The molecule has 3 aliphatic heterocycles. The van der Waals surface area contributed by atoms with Gasteiger partial charge in [-0.25, -0.2) is 0 Å². The number of ether oxygens (including phenoxy) is 2. The Morgan fingerprint density at radius 3 is 2.50 bits per heavy atom.